The highest BCUT2D eigenvalue weighted by molar-refractivity contribution is 7.98. The maximum Gasteiger partial charge on any atom is 0.139 e. The van der Waals surface area contributed by atoms with Gasteiger partial charge in [-0.1, -0.05) is 6.07 Å². The van der Waals surface area contributed by atoms with E-state index in [1.54, 1.807) is 6.20 Å². The summed E-state index contributed by atoms with van der Waals surface area (Å²) in [6.07, 6.45) is 1.76. The monoisotopic (exact) mass is 280 g/mol. The van der Waals surface area contributed by atoms with Gasteiger partial charge in [-0.2, -0.15) is 0 Å². The molecule has 1 aromatic heterocycles. The number of anilines is 1. The molecule has 0 aliphatic heterocycles. The van der Waals surface area contributed by atoms with Crippen LogP contribution in [0.5, 0.6) is 0 Å². The molecule has 0 unspecified atom stereocenters. The second kappa shape index (κ2) is 6.52. The van der Waals surface area contributed by atoms with Crippen molar-refractivity contribution in [1.29, 1.82) is 0 Å². The minimum atomic E-state index is -0.557. The molecule has 2 aromatic rings. The average Bonchev–Trinajstić information content (AvgIpc) is 2.40. The number of aromatic nitrogens is 1. The third-order valence-corrected chi connectivity index (χ3v) is 3.59. The number of thioether (sulfide) groups is 1. The largest absolute Gasteiger partial charge is 0.370 e. The van der Waals surface area contributed by atoms with Crippen LogP contribution in [0.3, 0.4) is 0 Å². The molecular formula is C14H14F2N2S. The maximum absolute atomic E-state index is 13.4. The molecule has 0 aliphatic rings. The first-order chi connectivity index (χ1) is 9.19. The zero-order valence-electron chi connectivity index (χ0n) is 10.5. The Bertz CT molecular complexity index is 544. The molecule has 0 atom stereocenters. The SMILES string of the molecule is CCNc1ccc(CSc2ccc(F)cc2F)cn1. The molecule has 1 N–H and O–H groups in total. The van der Waals surface area contributed by atoms with Crippen molar-refractivity contribution in [1.82, 2.24) is 4.98 Å². The van der Waals surface area contributed by atoms with Crippen molar-refractivity contribution >= 4 is 17.6 Å². The van der Waals surface area contributed by atoms with Gasteiger partial charge >= 0.3 is 0 Å². The molecule has 0 amide bonds. The molecule has 100 valence electrons. The van der Waals surface area contributed by atoms with E-state index in [4.69, 9.17) is 0 Å². The molecule has 0 bridgehead atoms. The van der Waals surface area contributed by atoms with Gasteiger partial charge in [-0.15, -0.1) is 11.8 Å². The number of benzene rings is 1. The highest BCUT2D eigenvalue weighted by Gasteiger charge is 2.05. The molecule has 2 rings (SSSR count). The second-order valence-corrected chi connectivity index (χ2v) is 4.96. The predicted octanol–water partition coefficient (Wildman–Crippen LogP) is 4.08. The van der Waals surface area contributed by atoms with E-state index in [9.17, 15) is 8.78 Å². The average molecular weight is 280 g/mol. The third-order valence-electron chi connectivity index (χ3n) is 2.47. The number of rotatable bonds is 5. The lowest BCUT2D eigenvalue weighted by atomic mass is 10.3. The molecule has 0 radical (unpaired) electrons. The Morgan fingerprint density at radius 1 is 1.21 bits per heavy atom. The van der Waals surface area contributed by atoms with Crippen LogP contribution in [0.4, 0.5) is 14.6 Å². The topological polar surface area (TPSA) is 24.9 Å². The van der Waals surface area contributed by atoms with E-state index in [-0.39, 0.29) is 0 Å². The fourth-order valence-electron chi connectivity index (χ4n) is 1.55. The van der Waals surface area contributed by atoms with Crippen molar-refractivity contribution < 1.29 is 8.78 Å². The minimum Gasteiger partial charge on any atom is -0.370 e. The highest BCUT2D eigenvalue weighted by atomic mass is 32.2. The standard InChI is InChI=1S/C14H14F2N2S/c1-2-17-14-6-3-10(8-18-14)9-19-13-5-4-11(15)7-12(13)16/h3-8H,2,9H2,1H3,(H,17,18). The molecule has 0 saturated carbocycles. The van der Waals surface area contributed by atoms with Gasteiger partial charge in [0.25, 0.3) is 0 Å². The predicted molar refractivity (Wildman–Crippen MR) is 74.3 cm³/mol. The molecule has 0 saturated heterocycles. The Kier molecular flexibility index (Phi) is 4.74. The molecule has 0 fully saturated rings. The Morgan fingerprint density at radius 3 is 2.68 bits per heavy atom. The quantitative estimate of drug-likeness (QED) is 0.835. The third kappa shape index (κ3) is 3.92. The number of hydrogen-bond donors (Lipinski definition) is 1. The van der Waals surface area contributed by atoms with Gasteiger partial charge in [-0.05, 0) is 30.7 Å². The van der Waals surface area contributed by atoms with E-state index in [1.165, 1.54) is 23.9 Å². The number of nitrogens with one attached hydrogen (secondary N) is 1. The van der Waals surface area contributed by atoms with E-state index in [2.05, 4.69) is 10.3 Å². The van der Waals surface area contributed by atoms with Crippen LogP contribution >= 0.6 is 11.8 Å². The van der Waals surface area contributed by atoms with Gasteiger partial charge in [0, 0.05) is 29.5 Å². The van der Waals surface area contributed by atoms with Crippen molar-refractivity contribution in [3.63, 3.8) is 0 Å². The van der Waals surface area contributed by atoms with Gasteiger partial charge in [0.2, 0.25) is 0 Å². The summed E-state index contributed by atoms with van der Waals surface area (Å²) in [5.41, 5.74) is 0.996. The van der Waals surface area contributed by atoms with Crippen molar-refractivity contribution in [3.8, 4) is 0 Å². The van der Waals surface area contributed by atoms with Crippen LogP contribution in [0.25, 0.3) is 0 Å². The van der Waals surface area contributed by atoms with Gasteiger partial charge in [0.1, 0.15) is 17.5 Å². The van der Waals surface area contributed by atoms with Crippen molar-refractivity contribution in [2.75, 3.05) is 11.9 Å². The first kappa shape index (κ1) is 13.8. The van der Waals surface area contributed by atoms with Gasteiger partial charge in [-0.25, -0.2) is 13.8 Å². The van der Waals surface area contributed by atoms with Gasteiger partial charge in [0.05, 0.1) is 0 Å². The summed E-state index contributed by atoms with van der Waals surface area (Å²) < 4.78 is 26.2. The van der Waals surface area contributed by atoms with Crippen LogP contribution in [0.2, 0.25) is 0 Å². The van der Waals surface area contributed by atoms with Crippen LogP contribution in [-0.2, 0) is 5.75 Å². The Labute approximate surface area is 115 Å². The van der Waals surface area contributed by atoms with Gasteiger partial charge in [-0.3, -0.25) is 0 Å². The molecule has 1 heterocycles. The van der Waals surface area contributed by atoms with E-state index >= 15 is 0 Å². The Hall–Kier alpha value is -1.62. The lowest BCUT2D eigenvalue weighted by Crippen LogP contribution is -1.98. The highest BCUT2D eigenvalue weighted by Crippen LogP contribution is 2.25. The lowest BCUT2D eigenvalue weighted by molar-refractivity contribution is 0.565. The molecule has 1 aromatic carbocycles. The van der Waals surface area contributed by atoms with Crippen LogP contribution in [-0.4, -0.2) is 11.5 Å². The van der Waals surface area contributed by atoms with E-state index in [0.29, 0.717) is 10.6 Å². The number of hydrogen-bond acceptors (Lipinski definition) is 3. The first-order valence-corrected chi connectivity index (χ1v) is 6.94. The number of pyridine rings is 1. The minimum absolute atomic E-state index is 0.442. The summed E-state index contributed by atoms with van der Waals surface area (Å²) in [6, 6.07) is 7.45. The van der Waals surface area contributed by atoms with Crippen LogP contribution in [0, 0.1) is 11.6 Å². The summed E-state index contributed by atoms with van der Waals surface area (Å²) in [7, 11) is 0. The summed E-state index contributed by atoms with van der Waals surface area (Å²) in [5, 5.41) is 3.10. The summed E-state index contributed by atoms with van der Waals surface area (Å²) in [4.78, 5) is 4.68. The normalized spacial score (nSPS) is 10.5. The lowest BCUT2D eigenvalue weighted by Gasteiger charge is -2.05. The van der Waals surface area contributed by atoms with E-state index < -0.39 is 11.6 Å². The van der Waals surface area contributed by atoms with E-state index in [0.717, 1.165) is 24.0 Å². The van der Waals surface area contributed by atoms with Crippen LogP contribution < -0.4 is 5.32 Å². The smallest absolute Gasteiger partial charge is 0.139 e. The maximum atomic E-state index is 13.4. The summed E-state index contributed by atoms with van der Waals surface area (Å²) in [6.45, 7) is 2.82. The number of nitrogens with zero attached hydrogens (tertiary/aromatic N) is 1. The van der Waals surface area contributed by atoms with Crippen LogP contribution in [0.15, 0.2) is 41.4 Å². The zero-order valence-corrected chi connectivity index (χ0v) is 11.3. The molecule has 19 heavy (non-hydrogen) atoms. The molecule has 2 nitrogen and oxygen atoms in total. The van der Waals surface area contributed by atoms with Crippen LogP contribution in [0.1, 0.15) is 12.5 Å². The summed E-state index contributed by atoms with van der Waals surface area (Å²) >= 11 is 1.33. The fraction of sp³-hybridized carbons (Fsp3) is 0.214. The Balaban J connectivity index is 1.98. The first-order valence-electron chi connectivity index (χ1n) is 5.95. The van der Waals surface area contributed by atoms with Gasteiger partial charge in [0.15, 0.2) is 0 Å². The molecule has 0 spiro atoms. The molecular weight excluding hydrogens is 266 g/mol. The molecule has 0 aliphatic carbocycles. The zero-order chi connectivity index (χ0) is 13.7. The second-order valence-electron chi connectivity index (χ2n) is 3.95. The van der Waals surface area contributed by atoms with Crippen molar-refractivity contribution in [2.45, 2.75) is 17.6 Å². The van der Waals surface area contributed by atoms with Crippen molar-refractivity contribution in [3.05, 3.63) is 53.7 Å². The Morgan fingerprint density at radius 2 is 2.05 bits per heavy atom. The fourth-order valence-corrected chi connectivity index (χ4v) is 2.40. The summed E-state index contributed by atoms with van der Waals surface area (Å²) in [5.74, 6) is 0.340. The van der Waals surface area contributed by atoms with Crippen molar-refractivity contribution in [2.24, 2.45) is 0 Å². The number of halogens is 2. The van der Waals surface area contributed by atoms with E-state index in [1.807, 2.05) is 19.1 Å². The molecule has 5 heteroatoms. The van der Waals surface area contributed by atoms with Gasteiger partial charge < -0.3 is 5.32 Å².